The van der Waals surface area contributed by atoms with Gasteiger partial charge in [0, 0.05) is 27.1 Å². The van der Waals surface area contributed by atoms with E-state index in [-0.39, 0.29) is 24.1 Å². The Labute approximate surface area is 230 Å². The van der Waals surface area contributed by atoms with E-state index in [4.69, 9.17) is 14.2 Å². The van der Waals surface area contributed by atoms with Crippen LogP contribution in [-0.4, -0.2) is 37.4 Å². The molecule has 0 bridgehead atoms. The maximum absolute atomic E-state index is 11.7. The van der Waals surface area contributed by atoms with Gasteiger partial charge in [-0.25, -0.2) is 0 Å². The van der Waals surface area contributed by atoms with Crippen LogP contribution in [0.15, 0.2) is 0 Å². The van der Waals surface area contributed by atoms with E-state index in [1.54, 1.807) is 0 Å². The molecular weight excluding hydrogens is 464 g/mol. The largest absolute Gasteiger partial charge is 0.462 e. The minimum atomic E-state index is -0.165. The van der Waals surface area contributed by atoms with Crippen molar-refractivity contribution in [1.82, 2.24) is 0 Å². The van der Waals surface area contributed by atoms with Crippen molar-refractivity contribution < 1.29 is 23.8 Å². The minimum Gasteiger partial charge on any atom is -0.462 e. The molecule has 0 saturated heterocycles. The van der Waals surface area contributed by atoms with Crippen LogP contribution < -0.4 is 0 Å². The summed E-state index contributed by atoms with van der Waals surface area (Å²) < 4.78 is 17.8. The molecule has 0 aromatic heterocycles. The van der Waals surface area contributed by atoms with E-state index in [1.807, 2.05) is 0 Å². The number of rotatable bonds is 24. The van der Waals surface area contributed by atoms with Crippen LogP contribution in [0.4, 0.5) is 0 Å². The standard InChI is InChI=1S/C32H62O5/c1-9-15-17-29(13-5)31(36-25(7)33)21-19-27(11-3)23-35-24-28(12-4)20-22-32(37-26(8)34)30(14-6)18-16-10-2/h27-32H,9-24H2,1-8H3. The Hall–Kier alpha value is -1.10. The van der Waals surface area contributed by atoms with Gasteiger partial charge >= 0.3 is 11.9 Å². The van der Waals surface area contributed by atoms with Crippen LogP contribution in [0.5, 0.6) is 0 Å². The third-order valence-corrected chi connectivity index (χ3v) is 8.17. The predicted molar refractivity (Wildman–Crippen MR) is 155 cm³/mol. The van der Waals surface area contributed by atoms with Gasteiger partial charge in [-0.05, 0) is 75.0 Å². The van der Waals surface area contributed by atoms with Gasteiger partial charge in [0.05, 0.1) is 0 Å². The number of carbonyl (C=O) groups excluding carboxylic acids is 2. The molecule has 0 aliphatic heterocycles. The van der Waals surface area contributed by atoms with E-state index in [2.05, 4.69) is 41.5 Å². The average molecular weight is 527 g/mol. The monoisotopic (exact) mass is 526 g/mol. The van der Waals surface area contributed by atoms with Gasteiger partial charge < -0.3 is 14.2 Å². The van der Waals surface area contributed by atoms with Gasteiger partial charge in [0.1, 0.15) is 12.2 Å². The van der Waals surface area contributed by atoms with Gasteiger partial charge in [0.25, 0.3) is 0 Å². The molecule has 6 unspecified atom stereocenters. The molecular formula is C32H62O5. The van der Waals surface area contributed by atoms with Crippen molar-refractivity contribution >= 4 is 11.9 Å². The Kier molecular flexibility index (Phi) is 22.2. The highest BCUT2D eigenvalue weighted by molar-refractivity contribution is 5.66. The van der Waals surface area contributed by atoms with E-state index in [0.29, 0.717) is 23.7 Å². The molecule has 0 aliphatic carbocycles. The second-order valence-electron chi connectivity index (χ2n) is 11.2. The summed E-state index contributed by atoms with van der Waals surface area (Å²) in [5.41, 5.74) is 0. The number of ether oxygens (including phenoxy) is 3. The zero-order chi connectivity index (χ0) is 28.1. The van der Waals surface area contributed by atoms with Crippen molar-refractivity contribution in [2.24, 2.45) is 23.7 Å². The number of carbonyl (C=O) groups is 2. The highest BCUT2D eigenvalue weighted by Crippen LogP contribution is 2.28. The smallest absolute Gasteiger partial charge is 0.302 e. The van der Waals surface area contributed by atoms with Crippen molar-refractivity contribution in [3.63, 3.8) is 0 Å². The number of unbranched alkanes of at least 4 members (excludes halogenated alkanes) is 2. The van der Waals surface area contributed by atoms with E-state index in [0.717, 1.165) is 77.4 Å². The van der Waals surface area contributed by atoms with Gasteiger partial charge in [0.15, 0.2) is 0 Å². The zero-order valence-corrected chi connectivity index (χ0v) is 25.8. The van der Waals surface area contributed by atoms with Crippen molar-refractivity contribution in [2.75, 3.05) is 13.2 Å². The normalized spacial score (nSPS) is 16.4. The summed E-state index contributed by atoms with van der Waals surface area (Å²) >= 11 is 0. The molecule has 5 heteroatoms. The highest BCUT2D eigenvalue weighted by Gasteiger charge is 2.25. The van der Waals surface area contributed by atoms with Crippen molar-refractivity contribution in [3.05, 3.63) is 0 Å². The Morgan fingerprint density at radius 2 is 0.919 bits per heavy atom. The van der Waals surface area contributed by atoms with E-state index < -0.39 is 0 Å². The topological polar surface area (TPSA) is 61.8 Å². The lowest BCUT2D eigenvalue weighted by molar-refractivity contribution is -0.151. The number of hydrogen-bond acceptors (Lipinski definition) is 5. The van der Waals surface area contributed by atoms with Crippen LogP contribution in [0, 0.1) is 23.7 Å². The first kappa shape index (κ1) is 35.9. The first-order chi connectivity index (χ1) is 17.8. The molecule has 0 aliphatic rings. The predicted octanol–water partition coefficient (Wildman–Crippen LogP) is 8.91. The molecule has 0 heterocycles. The summed E-state index contributed by atoms with van der Waals surface area (Å²) in [6.07, 6.45) is 15.1. The molecule has 0 aromatic carbocycles. The first-order valence-corrected chi connectivity index (χ1v) is 15.7. The quantitative estimate of drug-likeness (QED) is 0.117. The van der Waals surface area contributed by atoms with Gasteiger partial charge in [-0.3, -0.25) is 9.59 Å². The Bertz CT molecular complexity index is 515. The molecule has 0 N–H and O–H groups in total. The van der Waals surface area contributed by atoms with Crippen molar-refractivity contribution in [2.45, 2.75) is 157 Å². The maximum atomic E-state index is 11.7. The summed E-state index contributed by atoms with van der Waals surface area (Å²) in [5, 5.41) is 0. The summed E-state index contributed by atoms with van der Waals surface area (Å²) in [6, 6.07) is 0. The number of hydrogen-bond donors (Lipinski definition) is 0. The maximum Gasteiger partial charge on any atom is 0.302 e. The van der Waals surface area contributed by atoms with E-state index >= 15 is 0 Å². The molecule has 0 rings (SSSR count). The molecule has 6 atom stereocenters. The fourth-order valence-corrected chi connectivity index (χ4v) is 5.46. The lowest BCUT2D eigenvalue weighted by Crippen LogP contribution is -2.28. The average Bonchev–Trinajstić information content (AvgIpc) is 2.87. The van der Waals surface area contributed by atoms with E-state index in [9.17, 15) is 9.59 Å². The Balaban J connectivity index is 4.80. The van der Waals surface area contributed by atoms with E-state index in [1.165, 1.54) is 39.5 Å². The van der Waals surface area contributed by atoms with Crippen LogP contribution in [-0.2, 0) is 23.8 Å². The van der Waals surface area contributed by atoms with Crippen LogP contribution in [0.1, 0.15) is 145 Å². The molecule has 220 valence electrons. The van der Waals surface area contributed by atoms with Gasteiger partial charge in [-0.2, -0.15) is 0 Å². The summed E-state index contributed by atoms with van der Waals surface area (Å²) in [4.78, 5) is 23.5. The summed E-state index contributed by atoms with van der Waals surface area (Å²) in [7, 11) is 0. The van der Waals surface area contributed by atoms with Gasteiger partial charge in [0.2, 0.25) is 0 Å². The van der Waals surface area contributed by atoms with Crippen molar-refractivity contribution in [3.8, 4) is 0 Å². The molecule has 0 saturated carbocycles. The number of esters is 2. The lowest BCUT2D eigenvalue weighted by atomic mass is 9.87. The minimum absolute atomic E-state index is 0.0175. The molecule has 0 spiro atoms. The third-order valence-electron chi connectivity index (χ3n) is 8.17. The summed E-state index contributed by atoms with van der Waals surface area (Å²) in [6.45, 7) is 17.9. The molecule has 0 fully saturated rings. The second-order valence-corrected chi connectivity index (χ2v) is 11.2. The van der Waals surface area contributed by atoms with Gasteiger partial charge in [-0.1, -0.05) is 80.1 Å². The Morgan fingerprint density at radius 1 is 0.541 bits per heavy atom. The fraction of sp³-hybridized carbons (Fsp3) is 0.938. The molecule has 0 radical (unpaired) electrons. The highest BCUT2D eigenvalue weighted by atomic mass is 16.5. The van der Waals surface area contributed by atoms with Gasteiger partial charge in [-0.15, -0.1) is 0 Å². The van der Waals surface area contributed by atoms with Crippen LogP contribution in [0.2, 0.25) is 0 Å². The van der Waals surface area contributed by atoms with Crippen LogP contribution in [0.25, 0.3) is 0 Å². The zero-order valence-electron chi connectivity index (χ0n) is 25.8. The Morgan fingerprint density at radius 3 is 1.19 bits per heavy atom. The SMILES string of the molecule is CCCCC(CC)C(CCC(CC)COCC(CC)CCC(OC(C)=O)C(CC)CCCC)OC(C)=O. The molecule has 0 amide bonds. The first-order valence-electron chi connectivity index (χ1n) is 15.7. The van der Waals surface area contributed by atoms with Crippen LogP contribution in [0.3, 0.4) is 0 Å². The molecule has 37 heavy (non-hydrogen) atoms. The second kappa shape index (κ2) is 22.8. The van der Waals surface area contributed by atoms with Crippen molar-refractivity contribution in [1.29, 1.82) is 0 Å². The fourth-order valence-electron chi connectivity index (χ4n) is 5.46. The van der Waals surface area contributed by atoms with Crippen LogP contribution >= 0.6 is 0 Å². The lowest BCUT2D eigenvalue weighted by Gasteiger charge is -2.28. The molecule has 0 aromatic rings. The molecule has 5 nitrogen and oxygen atoms in total. The third kappa shape index (κ3) is 17.2. The summed E-state index contributed by atoms with van der Waals surface area (Å²) in [5.74, 6) is 1.52.